The Bertz CT molecular complexity index is 904. The molecule has 21 heavy (non-hydrogen) atoms. The number of nitrogens with one attached hydrogen (secondary N) is 1. The first-order valence-corrected chi connectivity index (χ1v) is 7.94. The fourth-order valence-corrected chi connectivity index (χ4v) is 3.17. The summed E-state index contributed by atoms with van der Waals surface area (Å²) in [7, 11) is 1.60. The van der Waals surface area contributed by atoms with E-state index in [9.17, 15) is 4.39 Å². The number of H-pyrrole nitrogens is 1. The summed E-state index contributed by atoms with van der Waals surface area (Å²) in [4.78, 5) is 3.01. The van der Waals surface area contributed by atoms with Gasteiger partial charge in [0.2, 0.25) is 0 Å². The normalized spacial score (nSPS) is 11.0. The molecule has 2 aromatic carbocycles. The number of methoxy groups -OCH3 is 1. The number of benzene rings is 2. The molecule has 0 radical (unpaired) electrons. The van der Waals surface area contributed by atoms with Gasteiger partial charge in [0, 0.05) is 10.5 Å². The van der Waals surface area contributed by atoms with Crippen LogP contribution < -0.4 is 4.74 Å². The Hall–Kier alpha value is -1.18. The van der Waals surface area contributed by atoms with Crippen LogP contribution in [0.2, 0.25) is 0 Å². The lowest BCUT2D eigenvalue weighted by Crippen LogP contribution is -1.98. The van der Waals surface area contributed by atoms with Gasteiger partial charge in [-0.15, -0.1) is 0 Å². The van der Waals surface area contributed by atoms with Crippen molar-refractivity contribution in [2.45, 2.75) is 0 Å². The summed E-state index contributed by atoms with van der Waals surface area (Å²) >= 11 is 12.0. The van der Waals surface area contributed by atoms with Crippen LogP contribution in [0.25, 0.3) is 16.7 Å². The van der Waals surface area contributed by atoms with E-state index in [2.05, 4.69) is 36.8 Å². The first-order chi connectivity index (χ1) is 10.0. The van der Waals surface area contributed by atoms with Gasteiger partial charge in [0.15, 0.2) is 4.77 Å². The summed E-state index contributed by atoms with van der Waals surface area (Å²) in [5.41, 5.74) is 2.18. The third-order valence-corrected chi connectivity index (χ3v) is 4.49. The first kappa shape index (κ1) is 14.7. The Balaban J connectivity index is 2.40. The maximum atomic E-state index is 13.7. The van der Waals surface area contributed by atoms with Crippen LogP contribution in [0.4, 0.5) is 4.39 Å². The van der Waals surface area contributed by atoms with E-state index in [0.717, 1.165) is 15.7 Å². The number of ether oxygens (including phenoxy) is 1. The lowest BCUT2D eigenvalue weighted by Gasteiger charge is -2.11. The van der Waals surface area contributed by atoms with Gasteiger partial charge in [0.25, 0.3) is 0 Å². The van der Waals surface area contributed by atoms with E-state index >= 15 is 0 Å². The summed E-state index contributed by atoms with van der Waals surface area (Å²) in [6.45, 7) is 0. The van der Waals surface area contributed by atoms with Crippen LogP contribution >= 0.6 is 44.1 Å². The molecule has 0 amide bonds. The van der Waals surface area contributed by atoms with Crippen molar-refractivity contribution in [3.05, 3.63) is 49.9 Å². The number of halogens is 3. The standard InChI is InChI=1S/C14H9Br2FN2OS/c1-20-13-3-2-7(15)4-12(13)19-11-5-8(16)9(17)6-10(11)18-14(19)21/h2-6H,1H3,(H,18,21). The second-order valence-corrected chi connectivity index (χ2v) is 6.52. The highest BCUT2D eigenvalue weighted by atomic mass is 79.9. The third-order valence-electron chi connectivity index (χ3n) is 3.11. The third kappa shape index (κ3) is 2.54. The Morgan fingerprint density at radius 3 is 2.71 bits per heavy atom. The topological polar surface area (TPSA) is 29.9 Å². The van der Waals surface area contributed by atoms with E-state index < -0.39 is 0 Å². The average molecular weight is 432 g/mol. The predicted octanol–water partition coefficient (Wildman–Crippen LogP) is 5.36. The van der Waals surface area contributed by atoms with Crippen molar-refractivity contribution in [2.24, 2.45) is 0 Å². The van der Waals surface area contributed by atoms with E-state index in [0.29, 0.717) is 20.5 Å². The van der Waals surface area contributed by atoms with Crippen molar-refractivity contribution in [2.75, 3.05) is 7.11 Å². The molecule has 3 aromatic rings. The summed E-state index contributed by atoms with van der Waals surface area (Å²) in [5.74, 6) is 0.336. The second kappa shape index (κ2) is 5.55. The molecule has 7 heteroatoms. The van der Waals surface area contributed by atoms with Crippen molar-refractivity contribution in [1.82, 2.24) is 9.55 Å². The predicted molar refractivity (Wildman–Crippen MR) is 90.4 cm³/mol. The van der Waals surface area contributed by atoms with Gasteiger partial charge in [-0.1, -0.05) is 15.9 Å². The number of imidazole rings is 1. The average Bonchev–Trinajstić information content (AvgIpc) is 2.74. The van der Waals surface area contributed by atoms with Crippen LogP contribution in [-0.2, 0) is 0 Å². The second-order valence-electron chi connectivity index (χ2n) is 4.37. The molecule has 108 valence electrons. The summed E-state index contributed by atoms with van der Waals surface area (Å²) in [6, 6.07) is 8.74. The van der Waals surface area contributed by atoms with E-state index in [-0.39, 0.29) is 5.82 Å². The van der Waals surface area contributed by atoms with Gasteiger partial charge in [-0.3, -0.25) is 4.57 Å². The number of nitrogens with zero attached hydrogens (tertiary/aromatic N) is 1. The highest BCUT2D eigenvalue weighted by Crippen LogP contribution is 2.31. The van der Waals surface area contributed by atoms with Crippen LogP contribution in [-0.4, -0.2) is 16.7 Å². The Labute approximate surface area is 142 Å². The minimum absolute atomic E-state index is 0.341. The highest BCUT2D eigenvalue weighted by Gasteiger charge is 2.14. The number of aromatic amines is 1. The van der Waals surface area contributed by atoms with Crippen LogP contribution in [0.15, 0.2) is 39.3 Å². The van der Waals surface area contributed by atoms with Crippen molar-refractivity contribution >= 4 is 55.1 Å². The van der Waals surface area contributed by atoms with Crippen LogP contribution in [0, 0.1) is 10.6 Å². The van der Waals surface area contributed by atoms with Gasteiger partial charge in [-0.2, -0.15) is 0 Å². The number of hydrogen-bond donors (Lipinski definition) is 1. The molecule has 0 fully saturated rings. The Morgan fingerprint density at radius 2 is 2.00 bits per heavy atom. The zero-order chi connectivity index (χ0) is 15.1. The lowest BCUT2D eigenvalue weighted by atomic mass is 10.2. The first-order valence-electron chi connectivity index (χ1n) is 5.95. The SMILES string of the molecule is COc1ccc(Br)cc1-n1c(=S)[nH]c2cc(F)c(Br)cc21. The number of hydrogen-bond acceptors (Lipinski definition) is 2. The molecule has 3 nitrogen and oxygen atoms in total. The summed E-state index contributed by atoms with van der Waals surface area (Å²) < 4.78 is 22.6. The molecule has 0 aliphatic heterocycles. The minimum Gasteiger partial charge on any atom is -0.495 e. The molecule has 0 saturated carbocycles. The molecule has 0 atom stereocenters. The fraction of sp³-hybridized carbons (Fsp3) is 0.0714. The smallest absolute Gasteiger partial charge is 0.182 e. The van der Waals surface area contributed by atoms with E-state index in [1.54, 1.807) is 13.2 Å². The molecule has 0 saturated heterocycles. The zero-order valence-electron chi connectivity index (χ0n) is 10.8. The van der Waals surface area contributed by atoms with Crippen molar-refractivity contribution in [3.63, 3.8) is 0 Å². The van der Waals surface area contributed by atoms with Gasteiger partial charge < -0.3 is 9.72 Å². The maximum Gasteiger partial charge on any atom is 0.182 e. The van der Waals surface area contributed by atoms with Crippen molar-refractivity contribution in [1.29, 1.82) is 0 Å². The largest absolute Gasteiger partial charge is 0.495 e. The van der Waals surface area contributed by atoms with Gasteiger partial charge in [0.1, 0.15) is 11.6 Å². The molecule has 1 heterocycles. The quantitative estimate of drug-likeness (QED) is 0.553. The van der Waals surface area contributed by atoms with Crippen molar-refractivity contribution in [3.8, 4) is 11.4 Å². The zero-order valence-corrected chi connectivity index (χ0v) is 14.8. The molecule has 1 aromatic heterocycles. The molecule has 0 unspecified atom stereocenters. The molecule has 0 aliphatic carbocycles. The lowest BCUT2D eigenvalue weighted by molar-refractivity contribution is 0.413. The van der Waals surface area contributed by atoms with Gasteiger partial charge >= 0.3 is 0 Å². The Morgan fingerprint density at radius 1 is 1.24 bits per heavy atom. The van der Waals surface area contributed by atoms with E-state index in [1.165, 1.54) is 6.07 Å². The molecule has 0 bridgehead atoms. The highest BCUT2D eigenvalue weighted by molar-refractivity contribution is 9.10. The molecular weight excluding hydrogens is 423 g/mol. The van der Waals surface area contributed by atoms with Crippen LogP contribution in [0.3, 0.4) is 0 Å². The molecule has 0 aliphatic rings. The fourth-order valence-electron chi connectivity index (χ4n) is 2.18. The summed E-state index contributed by atoms with van der Waals surface area (Å²) in [6.07, 6.45) is 0. The molecule has 1 N–H and O–H groups in total. The number of fused-ring (bicyclic) bond motifs is 1. The van der Waals surface area contributed by atoms with Crippen molar-refractivity contribution < 1.29 is 9.13 Å². The van der Waals surface area contributed by atoms with Gasteiger partial charge in [-0.05, 0) is 52.4 Å². The van der Waals surface area contributed by atoms with E-state index in [1.807, 2.05) is 22.8 Å². The van der Waals surface area contributed by atoms with Gasteiger partial charge in [0.05, 0.1) is 28.3 Å². The number of aromatic nitrogens is 2. The maximum absolute atomic E-state index is 13.7. The monoisotopic (exact) mass is 430 g/mol. The molecule has 0 spiro atoms. The molecular formula is C14H9Br2FN2OS. The molecule has 3 rings (SSSR count). The van der Waals surface area contributed by atoms with E-state index in [4.69, 9.17) is 17.0 Å². The Kier molecular flexibility index (Phi) is 3.90. The van der Waals surface area contributed by atoms with Crippen LogP contribution in [0.1, 0.15) is 0 Å². The number of rotatable bonds is 2. The van der Waals surface area contributed by atoms with Crippen LogP contribution in [0.5, 0.6) is 5.75 Å². The minimum atomic E-state index is -0.341. The van der Waals surface area contributed by atoms with Gasteiger partial charge in [-0.25, -0.2) is 4.39 Å². The summed E-state index contributed by atoms with van der Waals surface area (Å²) in [5, 5.41) is 0.